The monoisotopic (exact) mass is 1050 g/mol. The number of carbonyl (C=O) groups is 4. The number of aldehydes is 2. The normalized spacial score (nSPS) is 13.6. The molecular weight excluding hydrogens is 981 g/mol. The molecule has 2 aliphatic rings. The number of benzene rings is 4. The fraction of sp³-hybridized carbons (Fsp3) is 0.379. The highest BCUT2D eigenvalue weighted by Gasteiger charge is 2.25. The number of hydrogen-bond donors (Lipinski definition) is 2. The Labute approximate surface area is 450 Å². The van der Waals surface area contributed by atoms with E-state index in [9.17, 15) is 23.7 Å². The summed E-state index contributed by atoms with van der Waals surface area (Å²) in [5, 5.41) is 12.7. The van der Waals surface area contributed by atoms with Crippen molar-refractivity contribution in [3.63, 3.8) is 0 Å². The van der Waals surface area contributed by atoms with Crippen LogP contribution in [0.2, 0.25) is 0 Å². The molecule has 6 rings (SSSR count). The van der Waals surface area contributed by atoms with E-state index in [2.05, 4.69) is 35.0 Å². The van der Waals surface area contributed by atoms with Gasteiger partial charge in [-0.05, 0) is 103 Å². The highest BCUT2D eigenvalue weighted by molar-refractivity contribution is 7.98. The predicted molar refractivity (Wildman–Crippen MR) is 312 cm³/mol. The Balaban J connectivity index is 1.19. The van der Waals surface area contributed by atoms with Crippen molar-refractivity contribution in [2.24, 2.45) is 25.9 Å². The fourth-order valence-corrected chi connectivity index (χ4v) is 10.1. The third kappa shape index (κ3) is 16.1. The Morgan fingerprint density at radius 2 is 1.11 bits per heavy atom. The van der Waals surface area contributed by atoms with E-state index in [1.54, 1.807) is 48.4 Å². The van der Waals surface area contributed by atoms with E-state index in [0.717, 1.165) is 90.4 Å². The lowest BCUT2D eigenvalue weighted by molar-refractivity contribution is -0.128. The van der Waals surface area contributed by atoms with Crippen molar-refractivity contribution < 1.29 is 23.7 Å². The zero-order valence-electron chi connectivity index (χ0n) is 44.5. The van der Waals surface area contributed by atoms with Gasteiger partial charge in [-0.2, -0.15) is 26.7 Å². The lowest BCUT2D eigenvalue weighted by Gasteiger charge is -2.23. The summed E-state index contributed by atoms with van der Waals surface area (Å²) in [5.41, 5.74) is 16.0. The Morgan fingerprint density at radius 1 is 0.653 bits per heavy atom. The minimum atomic E-state index is -1.63. The molecule has 0 fully saturated rings. The first-order chi connectivity index (χ1) is 36.3. The summed E-state index contributed by atoms with van der Waals surface area (Å²) in [4.78, 5) is 65.4. The Hall–Kier alpha value is -6.82. The molecule has 0 saturated heterocycles. The van der Waals surface area contributed by atoms with Crippen molar-refractivity contribution in [2.45, 2.75) is 72.6 Å². The average Bonchev–Trinajstić information content (AvgIpc) is 3.70. The van der Waals surface area contributed by atoms with E-state index >= 15 is 0 Å². The molecule has 3 N–H and O–H groups in total. The van der Waals surface area contributed by atoms with Gasteiger partial charge in [0.05, 0.1) is 41.7 Å². The van der Waals surface area contributed by atoms with Gasteiger partial charge in [-0.25, -0.2) is 9.98 Å². The number of carbonyl (C=O) groups excluding carboxylic acids is 4. The van der Waals surface area contributed by atoms with E-state index < -0.39 is 11.4 Å². The van der Waals surface area contributed by atoms with Crippen LogP contribution in [-0.2, 0) is 21.0 Å². The van der Waals surface area contributed by atoms with Crippen LogP contribution < -0.4 is 10.5 Å². The molecule has 2 aliphatic heterocycles. The van der Waals surface area contributed by atoms with Crippen LogP contribution in [0.1, 0.15) is 116 Å². The molecule has 396 valence electrons. The van der Waals surface area contributed by atoms with Crippen LogP contribution in [0.5, 0.6) is 0 Å². The number of aliphatic imine (C=N–C) groups is 2. The first kappa shape index (κ1) is 57.5. The lowest BCUT2D eigenvalue weighted by Crippen LogP contribution is -2.38. The second-order valence-electron chi connectivity index (χ2n) is 18.7. The molecule has 0 aliphatic carbocycles. The average molecular weight is 1050 g/mol. The number of thioether (sulfide) groups is 1. The second kappa shape index (κ2) is 28.7. The highest BCUT2D eigenvalue weighted by atomic mass is 32.2. The summed E-state index contributed by atoms with van der Waals surface area (Å²) in [6.45, 7) is 11.9. The van der Waals surface area contributed by atoms with Crippen LogP contribution in [-0.4, -0.2) is 144 Å². The third-order valence-corrected chi connectivity index (χ3v) is 14.3. The fourth-order valence-electron chi connectivity index (χ4n) is 8.78. The van der Waals surface area contributed by atoms with Crippen molar-refractivity contribution in [3.8, 4) is 22.3 Å². The molecule has 0 aromatic heterocycles. The van der Waals surface area contributed by atoms with Gasteiger partial charge in [0, 0.05) is 104 Å². The molecule has 1 unspecified atom stereocenters. The van der Waals surface area contributed by atoms with Gasteiger partial charge in [0.15, 0.2) is 18.4 Å². The van der Waals surface area contributed by atoms with Gasteiger partial charge in [0.1, 0.15) is 11.6 Å². The van der Waals surface area contributed by atoms with E-state index in [-0.39, 0.29) is 37.0 Å². The number of nitrogens with zero attached hydrogens (tertiary/aromatic N) is 8. The van der Waals surface area contributed by atoms with Crippen LogP contribution in [0.3, 0.4) is 0 Å². The van der Waals surface area contributed by atoms with Crippen molar-refractivity contribution in [1.29, 1.82) is 0 Å². The van der Waals surface area contributed by atoms with Crippen LogP contribution in [0.25, 0.3) is 34.4 Å². The van der Waals surface area contributed by atoms with Gasteiger partial charge in [-0.1, -0.05) is 76.2 Å². The predicted octanol–water partition coefficient (Wildman–Crippen LogP) is 9.77. The molecule has 4 aromatic carbocycles. The number of fused-ring (bicyclic) bond motifs is 2. The molecule has 2 amide bonds. The molecule has 0 saturated carbocycles. The number of hydrogen-bond acceptors (Lipinski definition) is 14. The van der Waals surface area contributed by atoms with Crippen molar-refractivity contribution in [3.05, 3.63) is 117 Å². The maximum absolute atomic E-state index is 14.1. The van der Waals surface area contributed by atoms with E-state index in [0.29, 0.717) is 82.6 Å². The van der Waals surface area contributed by atoms with E-state index in [1.165, 1.54) is 0 Å². The maximum Gasteiger partial charge on any atom is 0.250 e. The largest absolute Gasteiger partial charge is 0.593 e. The number of amidine groups is 2. The number of rotatable bonds is 26. The van der Waals surface area contributed by atoms with Crippen LogP contribution in [0, 0.1) is 0 Å². The molecule has 4 aromatic rings. The molecule has 17 heteroatoms. The summed E-state index contributed by atoms with van der Waals surface area (Å²) in [6, 6.07) is 22.8. The molecule has 2 heterocycles. The molecule has 1 atom stereocenters. The summed E-state index contributed by atoms with van der Waals surface area (Å²) in [5.74, 6) is 1.85. The highest BCUT2D eigenvalue weighted by Crippen LogP contribution is 2.35. The molecule has 15 nitrogen and oxygen atoms in total. The summed E-state index contributed by atoms with van der Waals surface area (Å²) >= 11 is 0.167. The summed E-state index contributed by atoms with van der Waals surface area (Å²) < 4.78 is 17.0. The maximum atomic E-state index is 14.1. The Kier molecular flexibility index (Phi) is 22.0. The first-order valence-corrected chi connectivity index (χ1v) is 28.5. The minimum Gasteiger partial charge on any atom is -0.593 e. The molecule has 0 bridgehead atoms. The van der Waals surface area contributed by atoms with Crippen LogP contribution >= 0.6 is 11.8 Å². The molecule has 0 spiro atoms. The van der Waals surface area contributed by atoms with E-state index in [4.69, 9.17) is 15.7 Å². The van der Waals surface area contributed by atoms with Gasteiger partial charge < -0.3 is 25.1 Å². The van der Waals surface area contributed by atoms with Gasteiger partial charge in [-0.3, -0.25) is 24.2 Å². The first-order valence-electron chi connectivity index (χ1n) is 25.8. The summed E-state index contributed by atoms with van der Waals surface area (Å²) in [6.07, 6.45) is 15.5. The van der Waals surface area contributed by atoms with Gasteiger partial charge >= 0.3 is 0 Å². The van der Waals surface area contributed by atoms with Crippen LogP contribution in [0.15, 0.2) is 104 Å². The quantitative estimate of drug-likeness (QED) is 0.0201. The summed E-state index contributed by atoms with van der Waals surface area (Å²) in [7, 11) is 3.69. The van der Waals surface area contributed by atoms with E-state index in [1.807, 2.05) is 109 Å². The number of hydrazone groups is 2. The van der Waals surface area contributed by atoms with Gasteiger partial charge in [0.2, 0.25) is 11.8 Å². The van der Waals surface area contributed by atoms with Crippen molar-refractivity contribution in [2.75, 3.05) is 71.1 Å². The molecule has 0 radical (unpaired) electrons. The zero-order chi connectivity index (χ0) is 53.9. The topological polar surface area (TPSA) is 192 Å². The van der Waals surface area contributed by atoms with Gasteiger partial charge in [-0.15, -0.1) is 0 Å². The van der Waals surface area contributed by atoms with Crippen LogP contribution in [0.4, 0.5) is 11.4 Å². The zero-order valence-corrected chi connectivity index (χ0v) is 46.1. The minimum absolute atomic E-state index is 0.0246. The second-order valence-corrected chi connectivity index (χ2v) is 20.9. The SMILES string of the molecule is CCCN(CCC)C(=O)C1=Cc2ccc(-c3ccc(C=O)c(/C=N\N(C)CC[S+]([O-])NC4=Nc5cc(-c6ccc(C=O)c(/C=N\N(C)CCCSC)c6)ccc5C=C(C(=O)N(CCC)CCC)C4)c3)cc2N=C(N)C1. The van der Waals surface area contributed by atoms with Crippen molar-refractivity contribution >= 4 is 95.1 Å². The molecule has 75 heavy (non-hydrogen) atoms. The Bertz CT molecular complexity index is 2850. The lowest BCUT2D eigenvalue weighted by atomic mass is 9.97. The molecular formula is C58H72N10O5S2. The van der Waals surface area contributed by atoms with Crippen molar-refractivity contribution in [1.82, 2.24) is 24.5 Å². The Morgan fingerprint density at radius 3 is 1.59 bits per heavy atom. The standard InChI is InChI=1S/C58H72N10O5S2/c1-8-21-67(22-9-2)57(71)49-31-45-17-13-43(33-53(45)62-55(59)35-49)41-15-19-48(40-70)52(29-41)38-61-66(6)26-28-75(73)64-56-36-50(58(72)68(23-10-3)24-11-4)32-46-18-14-44(34-54(46)63-56)42-16-20-47(39-69)51(30-42)37-60-65(5)25-12-27-74-7/h13-20,29-34,37-40H,8-12,21-28,35-36H2,1-7H3,(H2,59,62)(H,63,64)/b60-37-,61-38-. The third-order valence-electron chi connectivity index (χ3n) is 12.6. The smallest absolute Gasteiger partial charge is 0.250 e. The number of nitrogens with one attached hydrogen (secondary N) is 1. The van der Waals surface area contributed by atoms with Gasteiger partial charge in [0.25, 0.3) is 0 Å². The number of nitrogens with two attached hydrogens (primary N) is 1. The number of amides is 2.